The Morgan fingerprint density at radius 2 is 2.00 bits per heavy atom. The van der Waals surface area contributed by atoms with Gasteiger partial charge in [0, 0.05) is 51.0 Å². The monoisotopic (exact) mass is 381 g/mol. The topological polar surface area (TPSA) is 72.8 Å². The fourth-order valence-corrected chi connectivity index (χ4v) is 3.46. The Morgan fingerprint density at radius 1 is 1.18 bits per heavy atom. The summed E-state index contributed by atoms with van der Waals surface area (Å²) in [5.41, 5.74) is 3.85. The molecule has 0 radical (unpaired) electrons. The number of aliphatic hydroxyl groups is 1. The number of aliphatic hydroxyl groups excluding tert-OH is 1. The van der Waals surface area contributed by atoms with Crippen LogP contribution in [-0.2, 0) is 19.4 Å². The SMILES string of the molecule is CCNC(=NCC(O)CN1CCc2ccccc2C1)NCCc1ccccn1. The summed E-state index contributed by atoms with van der Waals surface area (Å²) in [6, 6.07) is 14.5. The maximum Gasteiger partial charge on any atom is 0.191 e. The van der Waals surface area contributed by atoms with Crippen LogP contribution in [0.5, 0.6) is 0 Å². The van der Waals surface area contributed by atoms with E-state index in [1.807, 2.05) is 31.3 Å². The van der Waals surface area contributed by atoms with E-state index in [9.17, 15) is 5.11 Å². The van der Waals surface area contributed by atoms with Crippen molar-refractivity contribution in [1.29, 1.82) is 0 Å². The molecule has 1 aliphatic rings. The van der Waals surface area contributed by atoms with Gasteiger partial charge in [0.2, 0.25) is 0 Å². The molecule has 1 atom stereocenters. The van der Waals surface area contributed by atoms with E-state index < -0.39 is 6.10 Å². The first-order valence-corrected chi connectivity index (χ1v) is 10.1. The number of nitrogens with one attached hydrogen (secondary N) is 2. The zero-order valence-electron chi connectivity index (χ0n) is 16.6. The molecule has 2 heterocycles. The molecule has 0 amide bonds. The van der Waals surface area contributed by atoms with Gasteiger partial charge in [-0.2, -0.15) is 0 Å². The van der Waals surface area contributed by atoms with Crippen molar-refractivity contribution in [3.05, 3.63) is 65.5 Å². The lowest BCUT2D eigenvalue weighted by molar-refractivity contribution is 0.111. The quantitative estimate of drug-likeness (QED) is 0.479. The predicted molar refractivity (Wildman–Crippen MR) is 113 cm³/mol. The highest BCUT2D eigenvalue weighted by molar-refractivity contribution is 5.79. The summed E-state index contributed by atoms with van der Waals surface area (Å²) in [6.07, 6.45) is 3.21. The lowest BCUT2D eigenvalue weighted by atomic mass is 10.00. The summed E-state index contributed by atoms with van der Waals surface area (Å²) in [5, 5.41) is 17.0. The van der Waals surface area contributed by atoms with Crippen LogP contribution < -0.4 is 10.6 Å². The summed E-state index contributed by atoms with van der Waals surface area (Å²) in [7, 11) is 0. The highest BCUT2D eigenvalue weighted by Crippen LogP contribution is 2.18. The number of β-amino-alcohol motifs (C(OH)–C–C–N with tert-alkyl or cyclic N) is 1. The van der Waals surface area contributed by atoms with E-state index in [0.717, 1.165) is 50.7 Å². The van der Waals surface area contributed by atoms with Crippen LogP contribution in [0.15, 0.2) is 53.7 Å². The van der Waals surface area contributed by atoms with Crippen molar-refractivity contribution < 1.29 is 5.11 Å². The largest absolute Gasteiger partial charge is 0.390 e. The third-order valence-corrected chi connectivity index (χ3v) is 4.88. The third kappa shape index (κ3) is 6.32. The molecule has 6 heteroatoms. The Hall–Kier alpha value is -2.44. The van der Waals surface area contributed by atoms with Gasteiger partial charge >= 0.3 is 0 Å². The van der Waals surface area contributed by atoms with Gasteiger partial charge in [-0.15, -0.1) is 0 Å². The van der Waals surface area contributed by atoms with E-state index in [0.29, 0.717) is 13.1 Å². The lowest BCUT2D eigenvalue weighted by Gasteiger charge is -2.30. The van der Waals surface area contributed by atoms with Crippen LogP contribution in [-0.4, -0.2) is 59.8 Å². The number of benzene rings is 1. The van der Waals surface area contributed by atoms with Gasteiger partial charge in [0.05, 0.1) is 12.6 Å². The second kappa shape index (κ2) is 10.8. The maximum atomic E-state index is 10.5. The number of pyridine rings is 1. The normalized spacial score (nSPS) is 15.7. The zero-order valence-corrected chi connectivity index (χ0v) is 16.6. The predicted octanol–water partition coefficient (Wildman–Crippen LogP) is 1.60. The molecule has 28 heavy (non-hydrogen) atoms. The van der Waals surface area contributed by atoms with E-state index in [1.54, 1.807) is 0 Å². The Kier molecular flexibility index (Phi) is 7.82. The first-order chi connectivity index (χ1) is 13.7. The second-order valence-corrected chi connectivity index (χ2v) is 7.13. The molecule has 2 aromatic rings. The summed E-state index contributed by atoms with van der Waals surface area (Å²) in [6.45, 7) is 6.50. The van der Waals surface area contributed by atoms with Gasteiger partial charge < -0.3 is 15.7 Å². The Balaban J connectivity index is 1.44. The number of guanidine groups is 1. The molecule has 6 nitrogen and oxygen atoms in total. The molecular formula is C22H31N5O. The fraction of sp³-hybridized carbons (Fsp3) is 0.455. The van der Waals surface area contributed by atoms with Crippen molar-refractivity contribution in [2.75, 3.05) is 32.7 Å². The first kappa shape index (κ1) is 20.3. The van der Waals surface area contributed by atoms with Crippen molar-refractivity contribution in [3.63, 3.8) is 0 Å². The van der Waals surface area contributed by atoms with Crippen LogP contribution in [0.1, 0.15) is 23.7 Å². The molecule has 0 fully saturated rings. The van der Waals surface area contributed by atoms with Crippen LogP contribution in [0.25, 0.3) is 0 Å². The molecule has 150 valence electrons. The minimum absolute atomic E-state index is 0.386. The number of nitrogens with zero attached hydrogens (tertiary/aromatic N) is 3. The van der Waals surface area contributed by atoms with Gasteiger partial charge in [-0.05, 0) is 36.6 Å². The molecule has 0 bridgehead atoms. The van der Waals surface area contributed by atoms with Gasteiger partial charge in [-0.3, -0.25) is 14.9 Å². The number of hydrogen-bond donors (Lipinski definition) is 3. The lowest BCUT2D eigenvalue weighted by Crippen LogP contribution is -2.40. The smallest absolute Gasteiger partial charge is 0.191 e. The number of hydrogen-bond acceptors (Lipinski definition) is 4. The minimum atomic E-state index is -0.475. The van der Waals surface area contributed by atoms with Gasteiger partial charge in [-0.25, -0.2) is 0 Å². The van der Waals surface area contributed by atoms with Crippen LogP contribution >= 0.6 is 0 Å². The van der Waals surface area contributed by atoms with Crippen molar-refractivity contribution in [1.82, 2.24) is 20.5 Å². The molecule has 0 saturated heterocycles. The first-order valence-electron chi connectivity index (χ1n) is 10.1. The molecule has 0 spiro atoms. The second-order valence-electron chi connectivity index (χ2n) is 7.13. The fourth-order valence-electron chi connectivity index (χ4n) is 3.46. The molecule has 0 saturated carbocycles. The van der Waals surface area contributed by atoms with Crippen LogP contribution in [0.3, 0.4) is 0 Å². The summed E-state index contributed by atoms with van der Waals surface area (Å²) in [5.74, 6) is 0.737. The number of aliphatic imine (C=N–C) groups is 1. The molecule has 3 N–H and O–H groups in total. The standard InChI is InChI=1S/C22H31N5O/c1-2-23-22(25-13-10-20-9-5-6-12-24-20)26-15-21(28)17-27-14-11-18-7-3-4-8-19(18)16-27/h3-9,12,21,28H,2,10-11,13-17H2,1H3,(H2,23,25,26). The van der Waals surface area contributed by atoms with E-state index >= 15 is 0 Å². The van der Waals surface area contributed by atoms with Crippen molar-refractivity contribution >= 4 is 5.96 Å². The van der Waals surface area contributed by atoms with Crippen molar-refractivity contribution in [2.24, 2.45) is 4.99 Å². The number of fused-ring (bicyclic) bond motifs is 1. The van der Waals surface area contributed by atoms with Gasteiger partial charge in [0.25, 0.3) is 0 Å². The van der Waals surface area contributed by atoms with Crippen LogP contribution in [0.4, 0.5) is 0 Å². The van der Waals surface area contributed by atoms with Crippen molar-refractivity contribution in [2.45, 2.75) is 32.4 Å². The Bertz CT molecular complexity index is 750. The van der Waals surface area contributed by atoms with Gasteiger partial charge in [0.15, 0.2) is 5.96 Å². The highest BCUT2D eigenvalue weighted by Gasteiger charge is 2.18. The molecule has 1 aromatic heterocycles. The Morgan fingerprint density at radius 3 is 2.79 bits per heavy atom. The average molecular weight is 382 g/mol. The van der Waals surface area contributed by atoms with E-state index in [1.165, 1.54) is 11.1 Å². The highest BCUT2D eigenvalue weighted by atomic mass is 16.3. The van der Waals surface area contributed by atoms with Gasteiger partial charge in [-0.1, -0.05) is 30.3 Å². The number of rotatable bonds is 8. The van der Waals surface area contributed by atoms with Crippen LogP contribution in [0, 0.1) is 0 Å². The molecule has 1 unspecified atom stereocenters. The third-order valence-electron chi connectivity index (χ3n) is 4.88. The molecule has 1 aliphatic heterocycles. The summed E-state index contributed by atoms with van der Waals surface area (Å²) >= 11 is 0. The Labute approximate surface area is 167 Å². The van der Waals surface area contributed by atoms with Crippen LogP contribution in [0.2, 0.25) is 0 Å². The zero-order chi connectivity index (χ0) is 19.6. The molecule has 3 rings (SSSR count). The molecular weight excluding hydrogens is 350 g/mol. The average Bonchev–Trinajstić information content (AvgIpc) is 2.73. The van der Waals surface area contributed by atoms with E-state index in [2.05, 4.69) is 49.8 Å². The van der Waals surface area contributed by atoms with Crippen molar-refractivity contribution in [3.8, 4) is 0 Å². The van der Waals surface area contributed by atoms with E-state index in [4.69, 9.17) is 0 Å². The molecule has 0 aliphatic carbocycles. The summed E-state index contributed by atoms with van der Waals surface area (Å²) in [4.78, 5) is 11.2. The number of aromatic nitrogens is 1. The maximum absolute atomic E-state index is 10.5. The minimum Gasteiger partial charge on any atom is -0.390 e. The summed E-state index contributed by atoms with van der Waals surface area (Å²) < 4.78 is 0. The van der Waals surface area contributed by atoms with E-state index in [-0.39, 0.29) is 0 Å². The molecule has 1 aromatic carbocycles. The van der Waals surface area contributed by atoms with Gasteiger partial charge in [0.1, 0.15) is 0 Å².